The molecule has 3 aromatic heterocycles. The van der Waals surface area contributed by atoms with Crippen molar-refractivity contribution in [2.24, 2.45) is 0 Å². The average molecular weight is 448 g/mol. The van der Waals surface area contributed by atoms with Gasteiger partial charge in [-0.2, -0.15) is 0 Å². The molecule has 2 aliphatic heterocycles. The number of hydrogen-bond acceptors (Lipinski definition) is 7. The predicted molar refractivity (Wildman–Crippen MR) is 114 cm³/mol. The normalized spacial score (nSPS) is 18.7. The highest BCUT2D eigenvalue weighted by molar-refractivity contribution is 5.99. The van der Waals surface area contributed by atoms with Gasteiger partial charge >= 0.3 is 5.97 Å². The van der Waals surface area contributed by atoms with Crippen LogP contribution in [0.4, 0.5) is 4.39 Å². The lowest BCUT2D eigenvalue weighted by molar-refractivity contribution is -0.172. The molecule has 0 radical (unpaired) electrons. The van der Waals surface area contributed by atoms with E-state index in [-0.39, 0.29) is 36.2 Å². The van der Waals surface area contributed by atoms with Gasteiger partial charge in [-0.3, -0.25) is 4.79 Å². The topological polar surface area (TPSA) is 115 Å². The van der Waals surface area contributed by atoms with E-state index in [0.717, 1.165) is 6.07 Å². The first kappa shape index (κ1) is 19.7. The molecule has 0 aliphatic carbocycles. The smallest absolute Gasteiger partial charge is 0.343 e. The first-order valence-electron chi connectivity index (χ1n) is 10.4. The van der Waals surface area contributed by atoms with Crippen molar-refractivity contribution < 1.29 is 28.6 Å². The number of pyridine rings is 2. The number of aromatic hydroxyl groups is 1. The number of phenolic OH excluding ortho intramolecular Hbond substituents is 1. The highest BCUT2D eigenvalue weighted by atomic mass is 19.1. The van der Waals surface area contributed by atoms with Gasteiger partial charge in [0.2, 0.25) is 0 Å². The fourth-order valence-electron chi connectivity index (χ4n) is 4.79. The quantitative estimate of drug-likeness (QED) is 0.399. The second kappa shape index (κ2) is 6.52. The third-order valence-electron chi connectivity index (χ3n) is 6.52. The molecule has 0 bridgehead atoms. The zero-order valence-electron chi connectivity index (χ0n) is 17.4. The molecule has 33 heavy (non-hydrogen) atoms. The number of rotatable bonds is 2. The molecule has 6 rings (SSSR count). The number of fused-ring (bicyclic) bond motifs is 5. The monoisotopic (exact) mass is 448 g/mol. The number of nitrogens with zero attached hydrogens (tertiary/aromatic N) is 2. The van der Waals surface area contributed by atoms with Crippen LogP contribution in [0.2, 0.25) is 0 Å². The number of hydrogen-bond donors (Lipinski definition) is 2. The van der Waals surface area contributed by atoms with E-state index in [0.29, 0.717) is 33.7 Å². The van der Waals surface area contributed by atoms with Crippen molar-refractivity contribution >= 4 is 16.9 Å². The zero-order chi connectivity index (χ0) is 23.1. The summed E-state index contributed by atoms with van der Waals surface area (Å²) in [5.74, 6) is -1.69. The Labute approximate surface area is 185 Å². The first-order chi connectivity index (χ1) is 15.8. The van der Waals surface area contributed by atoms with Gasteiger partial charge in [-0.25, -0.2) is 14.2 Å². The van der Waals surface area contributed by atoms with Gasteiger partial charge in [0.15, 0.2) is 17.2 Å². The number of aromatic nitrogens is 2. The van der Waals surface area contributed by atoms with Gasteiger partial charge in [0.05, 0.1) is 35.3 Å². The molecule has 4 aromatic rings. The van der Waals surface area contributed by atoms with Crippen molar-refractivity contribution in [1.82, 2.24) is 9.55 Å². The van der Waals surface area contributed by atoms with Crippen LogP contribution in [0.25, 0.3) is 33.6 Å². The largest absolute Gasteiger partial charge is 0.505 e. The second-order valence-electron chi connectivity index (χ2n) is 8.22. The molecule has 9 heteroatoms. The number of aliphatic hydroxyl groups is 1. The highest BCUT2D eigenvalue weighted by Gasteiger charge is 2.45. The molecule has 5 heterocycles. The summed E-state index contributed by atoms with van der Waals surface area (Å²) in [6, 6.07) is 7.43. The Morgan fingerprint density at radius 3 is 2.79 bits per heavy atom. The van der Waals surface area contributed by atoms with Gasteiger partial charge in [-0.05, 0) is 30.7 Å². The van der Waals surface area contributed by atoms with Crippen molar-refractivity contribution in [3.63, 3.8) is 0 Å². The minimum Gasteiger partial charge on any atom is -0.505 e. The maximum absolute atomic E-state index is 14.2. The molecule has 0 saturated carbocycles. The summed E-state index contributed by atoms with van der Waals surface area (Å²) < 4.78 is 26.4. The molecule has 8 nitrogen and oxygen atoms in total. The molecule has 2 N–H and O–H groups in total. The molecule has 1 aromatic carbocycles. The number of cyclic esters (lactones) is 1. The van der Waals surface area contributed by atoms with Crippen LogP contribution in [-0.4, -0.2) is 25.7 Å². The van der Waals surface area contributed by atoms with Crippen LogP contribution in [0.3, 0.4) is 0 Å². The van der Waals surface area contributed by atoms with Crippen LogP contribution in [0.5, 0.6) is 5.75 Å². The van der Waals surface area contributed by atoms with E-state index >= 15 is 0 Å². The number of esters is 1. The van der Waals surface area contributed by atoms with Gasteiger partial charge in [0, 0.05) is 28.1 Å². The number of carbonyl (C=O) groups excluding carboxylic acids is 1. The van der Waals surface area contributed by atoms with E-state index in [2.05, 4.69) is 4.98 Å². The van der Waals surface area contributed by atoms with Gasteiger partial charge in [0.25, 0.3) is 5.56 Å². The van der Waals surface area contributed by atoms with Gasteiger partial charge in [-0.1, -0.05) is 6.92 Å². The molecule has 0 spiro atoms. The summed E-state index contributed by atoms with van der Waals surface area (Å²) in [4.78, 5) is 30.3. The fourth-order valence-corrected chi connectivity index (χ4v) is 4.79. The number of furan rings is 1. The highest BCUT2D eigenvalue weighted by Crippen LogP contribution is 2.44. The maximum atomic E-state index is 14.2. The summed E-state index contributed by atoms with van der Waals surface area (Å²) in [6.07, 6.45) is 1.52. The van der Waals surface area contributed by atoms with Gasteiger partial charge in [-0.15, -0.1) is 0 Å². The van der Waals surface area contributed by atoms with E-state index in [9.17, 15) is 24.2 Å². The zero-order valence-corrected chi connectivity index (χ0v) is 17.4. The number of carbonyl (C=O) groups is 1. The Morgan fingerprint density at radius 1 is 1.24 bits per heavy atom. The maximum Gasteiger partial charge on any atom is 0.343 e. The van der Waals surface area contributed by atoms with Crippen LogP contribution < -0.4 is 5.56 Å². The SMILES string of the molecule is CC[C@@]1(O)C(=O)OCc2c1cc1n(c2=O)Cc2c-1nc1cc(F)c(O)cc1c2-c1ccco1. The summed E-state index contributed by atoms with van der Waals surface area (Å²) in [5, 5.41) is 21.5. The minimum atomic E-state index is -1.94. The van der Waals surface area contributed by atoms with Crippen LogP contribution in [0, 0.1) is 5.82 Å². The van der Waals surface area contributed by atoms with Crippen molar-refractivity contribution in [2.45, 2.75) is 32.1 Å². The fraction of sp³-hybridized carbons (Fsp3) is 0.208. The van der Waals surface area contributed by atoms with E-state index < -0.39 is 28.7 Å². The minimum absolute atomic E-state index is 0.0296. The van der Waals surface area contributed by atoms with Crippen molar-refractivity contribution in [3.05, 3.63) is 69.5 Å². The third-order valence-corrected chi connectivity index (χ3v) is 6.52. The molecule has 0 saturated heterocycles. The predicted octanol–water partition coefficient (Wildman–Crippen LogP) is 3.18. The Kier molecular flexibility index (Phi) is 3.89. The molecule has 1 atom stereocenters. The molecule has 166 valence electrons. The van der Waals surface area contributed by atoms with E-state index in [1.807, 2.05) is 0 Å². The molecule has 2 aliphatic rings. The third kappa shape index (κ3) is 2.51. The molecule has 0 amide bonds. The molecule has 0 unspecified atom stereocenters. The Balaban J connectivity index is 1.71. The van der Waals surface area contributed by atoms with E-state index in [1.54, 1.807) is 25.1 Å². The number of ether oxygens (including phenoxy) is 1. The summed E-state index contributed by atoms with van der Waals surface area (Å²) in [6.45, 7) is 1.54. The van der Waals surface area contributed by atoms with Crippen molar-refractivity contribution in [1.29, 1.82) is 0 Å². The van der Waals surface area contributed by atoms with Gasteiger partial charge in [0.1, 0.15) is 12.4 Å². The average Bonchev–Trinajstić information content (AvgIpc) is 3.45. The number of halogens is 1. The number of phenols is 1. The Hall–Kier alpha value is -3.98. The summed E-state index contributed by atoms with van der Waals surface area (Å²) >= 11 is 0. The molecular formula is C24H17FN2O6. The lowest BCUT2D eigenvalue weighted by Crippen LogP contribution is -2.44. The molecule has 0 fully saturated rings. The molecular weight excluding hydrogens is 431 g/mol. The van der Waals surface area contributed by atoms with Gasteiger partial charge < -0.3 is 23.9 Å². The van der Waals surface area contributed by atoms with Crippen LogP contribution in [-0.2, 0) is 28.3 Å². The van der Waals surface area contributed by atoms with Crippen molar-refractivity contribution in [2.75, 3.05) is 0 Å². The Bertz CT molecular complexity index is 1560. The summed E-state index contributed by atoms with van der Waals surface area (Å²) in [5.41, 5.74) is 0.373. The lowest BCUT2D eigenvalue weighted by Gasteiger charge is -2.31. The first-order valence-corrected chi connectivity index (χ1v) is 10.4. The van der Waals surface area contributed by atoms with Crippen LogP contribution in [0.15, 0.2) is 45.8 Å². The summed E-state index contributed by atoms with van der Waals surface area (Å²) in [7, 11) is 0. The van der Waals surface area contributed by atoms with E-state index in [4.69, 9.17) is 9.15 Å². The lowest BCUT2D eigenvalue weighted by atomic mass is 9.86. The van der Waals surface area contributed by atoms with Crippen LogP contribution >= 0.6 is 0 Å². The Morgan fingerprint density at radius 2 is 2.06 bits per heavy atom. The second-order valence-corrected chi connectivity index (χ2v) is 8.22. The standard InChI is InChI=1S/C24H17FN2O6/c1-2-24(31)14-7-17-21-12(9-27(17)22(29)13(14)10-33-23(24)30)20(19-4-3-5-32-19)11-6-18(28)15(25)8-16(11)26-21/h3-8,28,31H,2,9-10H2,1H3/t24-/m0/s1. The van der Waals surface area contributed by atoms with Crippen molar-refractivity contribution in [3.8, 4) is 28.5 Å². The van der Waals surface area contributed by atoms with E-state index in [1.165, 1.54) is 16.9 Å². The number of benzene rings is 1. The van der Waals surface area contributed by atoms with Crippen LogP contribution in [0.1, 0.15) is 30.0 Å².